The van der Waals surface area contributed by atoms with Crippen molar-refractivity contribution in [1.29, 1.82) is 5.26 Å². The van der Waals surface area contributed by atoms with Crippen LogP contribution in [-0.2, 0) is 30.1 Å². The number of nitriles is 1. The number of hydrogen-bond donors (Lipinski definition) is 3. The van der Waals surface area contributed by atoms with Crippen LogP contribution in [-0.4, -0.2) is 113 Å². The lowest BCUT2D eigenvalue weighted by Gasteiger charge is -2.42. The molecule has 2 aromatic carbocycles. The maximum atomic E-state index is 14.2. The second-order valence-corrected chi connectivity index (χ2v) is 16.1. The molecule has 0 aromatic heterocycles. The summed E-state index contributed by atoms with van der Waals surface area (Å²) in [6.07, 6.45) is -6.62. The lowest BCUT2D eigenvalue weighted by Crippen LogP contribution is -2.60. The summed E-state index contributed by atoms with van der Waals surface area (Å²) in [5.41, 5.74) is -2.65. The van der Waals surface area contributed by atoms with E-state index in [4.69, 9.17) is 17.4 Å². The van der Waals surface area contributed by atoms with Crippen LogP contribution < -0.4 is 15.5 Å². The molecule has 4 fully saturated rings. The standard InChI is InChI=1S/C39H45F6N7O5S/c1-37(2)35(56)51(27-8-5-24(20-46)30(19-27)38(40,41)42)36(58)52(37)26-9-11-28(12-10-26)57-18-17-49-15-16-50(31(21-49)39(43,44)45)22-33(54)47-25-6-3-23(4-7-25)29-13-14-32(53)48-34(29)55/h3-8,19,26,28-29,31,36,58H,9-18,21-22H2,1-2H3,(H,47,54)(H,48,53,55)/t26?,28?,29?,31-,36+/m1/s1. The van der Waals surface area contributed by atoms with Crippen LogP contribution in [0.5, 0.6) is 0 Å². The van der Waals surface area contributed by atoms with Gasteiger partial charge in [-0.3, -0.25) is 44.1 Å². The Morgan fingerprint density at radius 3 is 2.31 bits per heavy atom. The van der Waals surface area contributed by atoms with Gasteiger partial charge in [0.05, 0.1) is 47.9 Å². The van der Waals surface area contributed by atoms with Crippen molar-refractivity contribution in [3.8, 4) is 6.07 Å². The Morgan fingerprint density at radius 1 is 1.00 bits per heavy atom. The lowest BCUT2D eigenvalue weighted by molar-refractivity contribution is -0.197. The van der Waals surface area contributed by atoms with Gasteiger partial charge in [0, 0.05) is 50.0 Å². The third-order valence-corrected chi connectivity index (χ3v) is 12.0. The number of alkyl halides is 6. The minimum atomic E-state index is -4.80. The largest absolute Gasteiger partial charge is 0.417 e. The smallest absolute Gasteiger partial charge is 0.377 e. The van der Waals surface area contributed by atoms with Crippen LogP contribution in [0.25, 0.3) is 0 Å². The summed E-state index contributed by atoms with van der Waals surface area (Å²) < 4.78 is 90.0. The number of carbonyl (C=O) groups is 4. The summed E-state index contributed by atoms with van der Waals surface area (Å²) >= 11 is 4.69. The molecule has 3 heterocycles. The monoisotopic (exact) mass is 837 g/mol. The van der Waals surface area contributed by atoms with Crippen molar-refractivity contribution in [3.05, 3.63) is 59.2 Å². The number of amides is 4. The van der Waals surface area contributed by atoms with Gasteiger partial charge in [0.15, 0.2) is 0 Å². The third-order valence-electron chi connectivity index (χ3n) is 11.5. The number of nitrogens with one attached hydrogen (secondary N) is 2. The van der Waals surface area contributed by atoms with Gasteiger partial charge in [-0.2, -0.15) is 31.6 Å². The summed E-state index contributed by atoms with van der Waals surface area (Å²) in [4.78, 5) is 56.0. The van der Waals surface area contributed by atoms with Crippen molar-refractivity contribution < 1.29 is 50.3 Å². The van der Waals surface area contributed by atoms with Crippen LogP contribution in [0.4, 0.5) is 37.7 Å². The number of thiol groups is 1. The molecule has 2 N–H and O–H groups in total. The van der Waals surface area contributed by atoms with Crippen LogP contribution in [0.2, 0.25) is 0 Å². The molecule has 0 bridgehead atoms. The molecule has 58 heavy (non-hydrogen) atoms. The van der Waals surface area contributed by atoms with E-state index in [1.165, 1.54) is 11.0 Å². The van der Waals surface area contributed by atoms with Gasteiger partial charge in [-0.05, 0) is 81.8 Å². The third kappa shape index (κ3) is 9.46. The number of piperazine rings is 1. The molecule has 12 nitrogen and oxygen atoms in total. The van der Waals surface area contributed by atoms with E-state index < -0.39 is 70.7 Å². The number of piperidine rings is 1. The SMILES string of the molecule is CC1(C)C(=O)N(c2ccc(C#N)c(C(F)(F)F)c2)[C@H](S)N1C1CCC(OCCN2CCN(CC(=O)Nc3ccc(C4CCC(=O)NC4=O)cc3)[C@@H](C(F)(F)F)C2)CC1. The van der Waals surface area contributed by atoms with E-state index in [1.807, 2.05) is 4.90 Å². The van der Waals surface area contributed by atoms with E-state index in [-0.39, 0.29) is 62.9 Å². The zero-order chi connectivity index (χ0) is 42.2. The van der Waals surface area contributed by atoms with E-state index in [0.717, 1.165) is 17.0 Å². The molecular weight excluding hydrogens is 793 g/mol. The van der Waals surface area contributed by atoms with Gasteiger partial charge in [-0.1, -0.05) is 12.1 Å². The average molecular weight is 838 g/mol. The Bertz CT molecular complexity index is 1920. The maximum Gasteiger partial charge on any atom is 0.417 e. The van der Waals surface area contributed by atoms with Crippen molar-refractivity contribution >= 4 is 47.6 Å². The Labute approximate surface area is 337 Å². The zero-order valence-electron chi connectivity index (χ0n) is 31.9. The summed E-state index contributed by atoms with van der Waals surface area (Å²) in [7, 11) is 0. The van der Waals surface area contributed by atoms with Gasteiger partial charge in [0.2, 0.25) is 23.6 Å². The molecule has 314 valence electrons. The van der Waals surface area contributed by atoms with E-state index in [0.29, 0.717) is 43.4 Å². The topological polar surface area (TPSA) is 138 Å². The van der Waals surface area contributed by atoms with Crippen molar-refractivity contribution in [2.75, 3.05) is 49.5 Å². The molecule has 3 aliphatic heterocycles. The highest BCUT2D eigenvalue weighted by Gasteiger charge is 2.54. The number of rotatable bonds is 10. The number of imide groups is 1. The molecule has 4 amide bonds. The van der Waals surface area contributed by atoms with E-state index in [9.17, 15) is 50.8 Å². The number of halogens is 6. The minimum absolute atomic E-state index is 0.00337. The van der Waals surface area contributed by atoms with Gasteiger partial charge in [-0.15, -0.1) is 12.6 Å². The minimum Gasteiger partial charge on any atom is -0.377 e. The molecule has 2 aromatic rings. The predicted octanol–water partition coefficient (Wildman–Crippen LogP) is 5.25. The molecule has 3 saturated heterocycles. The molecular formula is C39H45F6N7O5S. The highest BCUT2D eigenvalue weighted by atomic mass is 32.1. The molecule has 19 heteroatoms. The number of anilines is 2. The van der Waals surface area contributed by atoms with Crippen molar-refractivity contribution in [2.45, 2.75) is 99.9 Å². The van der Waals surface area contributed by atoms with E-state index >= 15 is 0 Å². The zero-order valence-corrected chi connectivity index (χ0v) is 32.8. The van der Waals surface area contributed by atoms with E-state index in [2.05, 4.69) is 10.6 Å². The molecule has 4 aliphatic rings. The molecule has 3 atom stereocenters. The van der Waals surface area contributed by atoms with E-state index in [1.54, 1.807) is 49.1 Å². The fraction of sp³-hybridized carbons (Fsp3) is 0.564. The number of ether oxygens (including phenoxy) is 1. The van der Waals surface area contributed by atoms with Gasteiger partial charge < -0.3 is 10.1 Å². The van der Waals surface area contributed by atoms with Crippen molar-refractivity contribution in [1.82, 2.24) is 20.0 Å². The second-order valence-electron chi connectivity index (χ2n) is 15.6. The molecule has 0 spiro atoms. The molecule has 1 unspecified atom stereocenters. The predicted molar refractivity (Wildman–Crippen MR) is 202 cm³/mol. The number of hydrogen-bond acceptors (Lipinski definition) is 10. The van der Waals surface area contributed by atoms with Crippen LogP contribution in [0.15, 0.2) is 42.5 Å². The molecule has 1 saturated carbocycles. The highest BCUT2D eigenvalue weighted by molar-refractivity contribution is 7.81. The summed E-state index contributed by atoms with van der Waals surface area (Å²) in [5.74, 6) is -2.28. The average Bonchev–Trinajstić information content (AvgIpc) is 3.33. The second kappa shape index (κ2) is 17.2. The number of carbonyl (C=O) groups excluding carboxylic acids is 4. The first-order valence-corrected chi connectivity index (χ1v) is 19.6. The van der Waals surface area contributed by atoms with Gasteiger partial charge in [0.1, 0.15) is 11.5 Å². The van der Waals surface area contributed by atoms with Crippen molar-refractivity contribution in [2.24, 2.45) is 0 Å². The first kappa shape index (κ1) is 43.4. The Hall–Kier alpha value is -4.22. The highest BCUT2D eigenvalue weighted by Crippen LogP contribution is 2.43. The van der Waals surface area contributed by atoms with Crippen LogP contribution in [0.3, 0.4) is 0 Å². The van der Waals surface area contributed by atoms with Gasteiger partial charge in [-0.25, -0.2) is 0 Å². The lowest BCUT2D eigenvalue weighted by atomic mass is 9.89. The maximum absolute atomic E-state index is 14.2. The van der Waals surface area contributed by atoms with Gasteiger partial charge in [0.25, 0.3) is 0 Å². The molecule has 0 radical (unpaired) electrons. The fourth-order valence-corrected chi connectivity index (χ4v) is 9.16. The number of benzene rings is 2. The number of nitrogens with zero attached hydrogens (tertiary/aromatic N) is 5. The Morgan fingerprint density at radius 2 is 1.69 bits per heavy atom. The van der Waals surface area contributed by atoms with Crippen LogP contribution in [0.1, 0.15) is 75.0 Å². The molecule has 1 aliphatic carbocycles. The Balaban J connectivity index is 0.969. The van der Waals surface area contributed by atoms with Crippen LogP contribution >= 0.6 is 12.6 Å². The quantitative estimate of drug-likeness (QED) is 0.167. The molecule has 6 rings (SSSR count). The first-order valence-electron chi connectivity index (χ1n) is 19.1. The van der Waals surface area contributed by atoms with Crippen molar-refractivity contribution in [3.63, 3.8) is 0 Å². The van der Waals surface area contributed by atoms with Gasteiger partial charge >= 0.3 is 12.4 Å². The fourth-order valence-electron chi connectivity index (χ4n) is 8.45. The normalized spacial score (nSPS) is 26.4. The summed E-state index contributed by atoms with van der Waals surface area (Å²) in [5, 5.41) is 14.1. The Kier molecular flexibility index (Phi) is 12.8. The van der Waals surface area contributed by atoms with Crippen LogP contribution in [0, 0.1) is 11.3 Å². The first-order chi connectivity index (χ1) is 27.3. The summed E-state index contributed by atoms with van der Waals surface area (Å²) in [6.45, 7) is 3.31. The summed E-state index contributed by atoms with van der Waals surface area (Å²) in [6, 6.07) is 9.10.